The van der Waals surface area contributed by atoms with Gasteiger partial charge in [0.1, 0.15) is 17.2 Å². The third-order valence-electron chi connectivity index (χ3n) is 5.97. The lowest BCUT2D eigenvalue weighted by Crippen LogP contribution is -2.25. The topological polar surface area (TPSA) is 78.9 Å². The Kier molecular flexibility index (Phi) is 8.48. The summed E-state index contributed by atoms with van der Waals surface area (Å²) in [5, 5.41) is 0. The summed E-state index contributed by atoms with van der Waals surface area (Å²) in [6.45, 7) is 17.6. The molecule has 194 valence electrons. The van der Waals surface area contributed by atoms with E-state index in [9.17, 15) is 14.4 Å². The molecule has 38 heavy (non-hydrogen) atoms. The van der Waals surface area contributed by atoms with Crippen molar-refractivity contribution in [2.45, 2.75) is 33.1 Å². The maximum Gasteiger partial charge on any atom is 0.338 e. The summed E-state index contributed by atoms with van der Waals surface area (Å²) >= 11 is 0. The van der Waals surface area contributed by atoms with Crippen LogP contribution in [0.3, 0.4) is 0 Å². The number of carbonyl (C=O) groups is 3. The largest absolute Gasteiger partial charge is 0.423 e. The summed E-state index contributed by atoms with van der Waals surface area (Å²) in [5.74, 6) is -0.310. The van der Waals surface area contributed by atoms with Crippen LogP contribution in [0.1, 0.15) is 44.4 Å². The Labute approximate surface area is 222 Å². The Balaban J connectivity index is 2.03. The molecule has 6 nitrogen and oxygen atoms in total. The molecule has 0 heterocycles. The fourth-order valence-corrected chi connectivity index (χ4v) is 3.65. The number of hydrogen-bond acceptors (Lipinski definition) is 6. The van der Waals surface area contributed by atoms with E-state index in [-0.39, 0.29) is 0 Å². The van der Waals surface area contributed by atoms with Crippen LogP contribution in [0, 0.1) is 0 Å². The maximum atomic E-state index is 11.9. The third-order valence-corrected chi connectivity index (χ3v) is 5.97. The fourth-order valence-electron chi connectivity index (χ4n) is 3.65. The standard InChI is InChI=1S/C32H30O6/c1-20(2)29(33)36-26-14-8-23(9-15-26)32(7,24-10-16-27(17-11-24)37-30(34)21(3)4)25-12-18-28(19-13-25)38-31(35)22(5)6/h8-19H,1,3,5H2,2,4,6-7H3. The van der Waals surface area contributed by atoms with E-state index >= 15 is 0 Å². The second kappa shape index (κ2) is 11.6. The van der Waals surface area contributed by atoms with Gasteiger partial charge in [0, 0.05) is 22.1 Å². The van der Waals surface area contributed by atoms with Gasteiger partial charge in [-0.2, -0.15) is 0 Å². The van der Waals surface area contributed by atoms with Gasteiger partial charge in [0.2, 0.25) is 0 Å². The Bertz CT molecular complexity index is 1220. The SMILES string of the molecule is C=C(C)C(=O)Oc1ccc(C(C)(c2ccc(OC(=O)C(=C)C)cc2)c2ccc(OC(=O)C(=C)C)cc2)cc1. The minimum absolute atomic E-state index is 0.304. The van der Waals surface area contributed by atoms with Crippen molar-refractivity contribution in [2.24, 2.45) is 0 Å². The van der Waals surface area contributed by atoms with Crippen LogP contribution < -0.4 is 14.2 Å². The summed E-state index contributed by atoms with van der Waals surface area (Å²) in [7, 11) is 0. The van der Waals surface area contributed by atoms with Crippen LogP contribution in [0.15, 0.2) is 109 Å². The van der Waals surface area contributed by atoms with E-state index in [4.69, 9.17) is 14.2 Å². The van der Waals surface area contributed by atoms with Crippen LogP contribution in [0.4, 0.5) is 0 Å². The van der Waals surface area contributed by atoms with E-state index in [0.717, 1.165) is 16.7 Å². The smallest absolute Gasteiger partial charge is 0.338 e. The average molecular weight is 511 g/mol. The number of esters is 3. The lowest BCUT2D eigenvalue weighted by Gasteiger charge is -2.32. The molecule has 0 N–H and O–H groups in total. The van der Waals surface area contributed by atoms with E-state index in [1.807, 2.05) is 43.3 Å². The molecule has 3 rings (SSSR count). The molecular weight excluding hydrogens is 480 g/mol. The summed E-state index contributed by atoms with van der Waals surface area (Å²) in [6, 6.07) is 21.6. The molecule has 3 aromatic rings. The minimum atomic E-state index is -0.676. The van der Waals surface area contributed by atoms with E-state index < -0.39 is 23.3 Å². The molecule has 0 aliphatic carbocycles. The average Bonchev–Trinajstić information content (AvgIpc) is 2.89. The van der Waals surface area contributed by atoms with Crippen LogP contribution in [0.5, 0.6) is 17.2 Å². The molecule has 0 unspecified atom stereocenters. The van der Waals surface area contributed by atoms with Crippen molar-refractivity contribution in [2.75, 3.05) is 0 Å². The summed E-state index contributed by atoms with van der Waals surface area (Å²) in [4.78, 5) is 35.8. The van der Waals surface area contributed by atoms with Crippen molar-refractivity contribution in [3.05, 3.63) is 126 Å². The summed E-state index contributed by atoms with van der Waals surface area (Å²) in [6.07, 6.45) is 0. The third kappa shape index (κ3) is 6.34. The Morgan fingerprint density at radius 1 is 0.500 bits per heavy atom. The van der Waals surface area contributed by atoms with Crippen molar-refractivity contribution in [3.63, 3.8) is 0 Å². The van der Waals surface area contributed by atoms with E-state index in [1.54, 1.807) is 57.2 Å². The minimum Gasteiger partial charge on any atom is -0.423 e. The highest BCUT2D eigenvalue weighted by atomic mass is 16.5. The van der Waals surface area contributed by atoms with Crippen LogP contribution in [-0.4, -0.2) is 17.9 Å². The van der Waals surface area contributed by atoms with Crippen LogP contribution in [0.25, 0.3) is 0 Å². The second-order valence-corrected chi connectivity index (χ2v) is 9.21. The van der Waals surface area contributed by atoms with Gasteiger partial charge >= 0.3 is 17.9 Å². The Hall–Kier alpha value is -4.71. The van der Waals surface area contributed by atoms with Gasteiger partial charge in [0.15, 0.2) is 0 Å². The number of ether oxygens (including phenoxy) is 3. The molecule has 0 aliphatic rings. The first-order valence-corrected chi connectivity index (χ1v) is 11.9. The predicted molar refractivity (Wildman–Crippen MR) is 146 cm³/mol. The molecule has 0 amide bonds. The zero-order valence-electron chi connectivity index (χ0n) is 22.0. The van der Waals surface area contributed by atoms with Crippen LogP contribution in [-0.2, 0) is 19.8 Å². The molecule has 0 fully saturated rings. The first-order valence-electron chi connectivity index (χ1n) is 11.9. The number of benzene rings is 3. The Morgan fingerprint density at radius 3 is 0.895 bits per heavy atom. The van der Waals surface area contributed by atoms with Gasteiger partial charge in [-0.15, -0.1) is 0 Å². The van der Waals surface area contributed by atoms with Gasteiger partial charge in [-0.05, 0) is 80.8 Å². The van der Waals surface area contributed by atoms with Crippen molar-refractivity contribution in [3.8, 4) is 17.2 Å². The van der Waals surface area contributed by atoms with Gasteiger partial charge in [0.25, 0.3) is 0 Å². The Morgan fingerprint density at radius 2 is 0.711 bits per heavy atom. The van der Waals surface area contributed by atoms with Crippen molar-refractivity contribution in [1.82, 2.24) is 0 Å². The zero-order valence-corrected chi connectivity index (χ0v) is 22.0. The normalized spacial score (nSPS) is 10.7. The first-order chi connectivity index (χ1) is 17.9. The summed E-state index contributed by atoms with van der Waals surface area (Å²) in [5.41, 5.74) is 2.96. The molecule has 0 saturated carbocycles. The van der Waals surface area contributed by atoms with E-state index in [0.29, 0.717) is 34.0 Å². The van der Waals surface area contributed by atoms with E-state index in [2.05, 4.69) is 19.7 Å². The van der Waals surface area contributed by atoms with Crippen molar-refractivity contribution < 1.29 is 28.6 Å². The monoisotopic (exact) mass is 510 g/mol. The highest BCUT2D eigenvalue weighted by Crippen LogP contribution is 2.40. The molecule has 3 aromatic carbocycles. The number of rotatable bonds is 9. The van der Waals surface area contributed by atoms with Gasteiger partial charge in [-0.25, -0.2) is 14.4 Å². The van der Waals surface area contributed by atoms with Gasteiger partial charge in [0.05, 0.1) is 0 Å². The molecule has 0 atom stereocenters. The molecule has 0 radical (unpaired) electrons. The van der Waals surface area contributed by atoms with Crippen LogP contribution in [0.2, 0.25) is 0 Å². The van der Waals surface area contributed by atoms with Crippen molar-refractivity contribution >= 4 is 17.9 Å². The number of hydrogen-bond donors (Lipinski definition) is 0. The van der Waals surface area contributed by atoms with Gasteiger partial charge in [-0.3, -0.25) is 0 Å². The quantitative estimate of drug-likeness (QED) is 0.142. The molecule has 0 saturated heterocycles. The van der Waals surface area contributed by atoms with Crippen LogP contribution >= 0.6 is 0 Å². The molecular formula is C32H30O6. The second-order valence-electron chi connectivity index (χ2n) is 9.21. The molecule has 0 aliphatic heterocycles. The lowest BCUT2D eigenvalue weighted by molar-refractivity contribution is -0.130. The zero-order chi connectivity index (χ0) is 28.0. The molecule has 0 spiro atoms. The fraction of sp³-hybridized carbons (Fsp3) is 0.156. The molecule has 0 aromatic heterocycles. The highest BCUT2D eigenvalue weighted by Gasteiger charge is 2.31. The molecule has 6 heteroatoms. The molecule has 0 bridgehead atoms. The van der Waals surface area contributed by atoms with Gasteiger partial charge < -0.3 is 14.2 Å². The van der Waals surface area contributed by atoms with Gasteiger partial charge in [-0.1, -0.05) is 56.1 Å². The highest BCUT2D eigenvalue weighted by molar-refractivity contribution is 5.89. The predicted octanol–water partition coefficient (Wildman–Crippen LogP) is 6.49. The van der Waals surface area contributed by atoms with Crippen molar-refractivity contribution in [1.29, 1.82) is 0 Å². The summed E-state index contributed by atoms with van der Waals surface area (Å²) < 4.78 is 16.0. The number of carbonyl (C=O) groups excluding carboxylic acids is 3. The maximum absolute atomic E-state index is 11.9. The van der Waals surface area contributed by atoms with E-state index in [1.165, 1.54) is 0 Å². The first kappa shape index (κ1) is 27.9. The lowest BCUT2D eigenvalue weighted by atomic mass is 9.71.